The molecule has 1 fully saturated rings. The molecular formula is C10H19NO2. The van der Waals surface area contributed by atoms with Gasteiger partial charge in [-0.1, -0.05) is 6.92 Å². The average molecular weight is 185 g/mol. The Morgan fingerprint density at radius 3 is 2.31 bits per heavy atom. The van der Waals surface area contributed by atoms with Crippen LogP contribution < -0.4 is 0 Å². The minimum absolute atomic E-state index is 0.247. The van der Waals surface area contributed by atoms with Crippen LogP contribution in [0.2, 0.25) is 0 Å². The van der Waals surface area contributed by atoms with E-state index in [4.69, 9.17) is 5.11 Å². The number of rotatable bonds is 5. The Kier molecular flexibility index (Phi) is 3.31. The van der Waals surface area contributed by atoms with Gasteiger partial charge in [0.1, 0.15) is 0 Å². The van der Waals surface area contributed by atoms with E-state index >= 15 is 0 Å². The second-order valence-corrected chi connectivity index (χ2v) is 4.26. The molecule has 0 heterocycles. The largest absolute Gasteiger partial charge is 0.481 e. The lowest BCUT2D eigenvalue weighted by Crippen LogP contribution is -2.38. The first kappa shape index (κ1) is 10.5. The average Bonchev–Trinajstić information content (AvgIpc) is 2.81. The number of carbonyl (C=O) groups is 1. The van der Waals surface area contributed by atoms with E-state index in [1.807, 2.05) is 0 Å². The third kappa shape index (κ3) is 2.99. The minimum Gasteiger partial charge on any atom is -0.481 e. The smallest absolute Gasteiger partial charge is 0.307 e. The molecule has 1 N–H and O–H groups in total. The van der Waals surface area contributed by atoms with Crippen molar-refractivity contribution in [2.45, 2.75) is 45.7 Å². The van der Waals surface area contributed by atoms with Crippen molar-refractivity contribution in [3.8, 4) is 0 Å². The van der Waals surface area contributed by atoms with E-state index in [0.29, 0.717) is 18.6 Å². The summed E-state index contributed by atoms with van der Waals surface area (Å²) in [5, 5.41) is 8.79. The molecule has 1 rings (SSSR count). The highest BCUT2D eigenvalue weighted by molar-refractivity contribution is 5.69. The Morgan fingerprint density at radius 2 is 2.00 bits per heavy atom. The SMILES string of the molecule is CC(CN(C(C)C)C1CC1)C(=O)O. The van der Waals surface area contributed by atoms with Crippen LogP contribution in [0.3, 0.4) is 0 Å². The molecule has 0 aromatic rings. The molecule has 0 radical (unpaired) electrons. The number of hydrogen-bond donors (Lipinski definition) is 1. The van der Waals surface area contributed by atoms with Crippen molar-refractivity contribution < 1.29 is 9.90 Å². The fraction of sp³-hybridized carbons (Fsp3) is 0.900. The highest BCUT2D eigenvalue weighted by Gasteiger charge is 2.32. The quantitative estimate of drug-likeness (QED) is 0.707. The predicted octanol–water partition coefficient (Wildman–Crippen LogP) is 1.58. The second kappa shape index (κ2) is 4.09. The van der Waals surface area contributed by atoms with Crippen LogP contribution in [0.15, 0.2) is 0 Å². The first-order valence-electron chi connectivity index (χ1n) is 5.01. The summed E-state index contributed by atoms with van der Waals surface area (Å²) in [7, 11) is 0. The maximum atomic E-state index is 10.7. The van der Waals surface area contributed by atoms with Gasteiger partial charge in [0.2, 0.25) is 0 Å². The monoisotopic (exact) mass is 185 g/mol. The van der Waals surface area contributed by atoms with Gasteiger partial charge in [0.05, 0.1) is 5.92 Å². The van der Waals surface area contributed by atoms with Gasteiger partial charge in [0.15, 0.2) is 0 Å². The highest BCUT2D eigenvalue weighted by atomic mass is 16.4. The van der Waals surface area contributed by atoms with Crippen molar-refractivity contribution in [1.29, 1.82) is 0 Å². The summed E-state index contributed by atoms with van der Waals surface area (Å²) in [6.07, 6.45) is 2.48. The van der Waals surface area contributed by atoms with Crippen molar-refractivity contribution in [1.82, 2.24) is 4.90 Å². The van der Waals surface area contributed by atoms with E-state index < -0.39 is 5.97 Å². The maximum Gasteiger partial charge on any atom is 0.307 e. The number of carboxylic acids is 1. The third-order valence-corrected chi connectivity index (χ3v) is 2.59. The molecular weight excluding hydrogens is 166 g/mol. The van der Waals surface area contributed by atoms with Crippen molar-refractivity contribution in [3.05, 3.63) is 0 Å². The molecule has 76 valence electrons. The molecule has 1 aliphatic carbocycles. The molecule has 0 bridgehead atoms. The van der Waals surface area contributed by atoms with E-state index in [1.165, 1.54) is 12.8 Å². The zero-order valence-electron chi connectivity index (χ0n) is 8.66. The van der Waals surface area contributed by atoms with E-state index in [2.05, 4.69) is 18.7 Å². The van der Waals surface area contributed by atoms with Gasteiger partial charge < -0.3 is 5.11 Å². The molecule has 3 heteroatoms. The number of nitrogens with zero attached hydrogens (tertiary/aromatic N) is 1. The molecule has 1 saturated carbocycles. The number of hydrogen-bond acceptors (Lipinski definition) is 2. The van der Waals surface area contributed by atoms with Gasteiger partial charge >= 0.3 is 5.97 Å². The van der Waals surface area contributed by atoms with E-state index in [-0.39, 0.29) is 5.92 Å². The summed E-state index contributed by atoms with van der Waals surface area (Å²) in [5.74, 6) is -0.936. The zero-order valence-corrected chi connectivity index (χ0v) is 8.66. The molecule has 3 nitrogen and oxygen atoms in total. The maximum absolute atomic E-state index is 10.7. The van der Waals surface area contributed by atoms with E-state index in [9.17, 15) is 4.79 Å². The Labute approximate surface area is 79.7 Å². The summed E-state index contributed by atoms with van der Waals surface area (Å²) < 4.78 is 0. The van der Waals surface area contributed by atoms with Crippen LogP contribution in [0.25, 0.3) is 0 Å². The molecule has 0 aliphatic heterocycles. The Balaban J connectivity index is 2.42. The fourth-order valence-electron chi connectivity index (χ4n) is 1.58. The standard InChI is InChI=1S/C10H19NO2/c1-7(2)11(9-4-5-9)6-8(3)10(12)13/h7-9H,4-6H2,1-3H3,(H,12,13). The summed E-state index contributed by atoms with van der Waals surface area (Å²) >= 11 is 0. The number of aliphatic carboxylic acids is 1. The van der Waals surface area contributed by atoms with Crippen LogP contribution in [0, 0.1) is 5.92 Å². The lowest BCUT2D eigenvalue weighted by atomic mass is 10.1. The van der Waals surface area contributed by atoms with Crippen LogP contribution in [-0.2, 0) is 4.79 Å². The first-order chi connectivity index (χ1) is 6.02. The summed E-state index contributed by atoms with van der Waals surface area (Å²) in [6.45, 7) is 6.73. The minimum atomic E-state index is -0.689. The predicted molar refractivity (Wildman–Crippen MR) is 51.7 cm³/mol. The highest BCUT2D eigenvalue weighted by Crippen LogP contribution is 2.29. The lowest BCUT2D eigenvalue weighted by molar-refractivity contribution is -0.141. The molecule has 0 aromatic carbocycles. The molecule has 0 aromatic heterocycles. The van der Waals surface area contributed by atoms with Crippen molar-refractivity contribution >= 4 is 5.97 Å². The third-order valence-electron chi connectivity index (χ3n) is 2.59. The topological polar surface area (TPSA) is 40.5 Å². The van der Waals surface area contributed by atoms with Gasteiger partial charge in [-0.2, -0.15) is 0 Å². The molecule has 1 aliphatic rings. The van der Waals surface area contributed by atoms with Crippen molar-refractivity contribution in [3.63, 3.8) is 0 Å². The van der Waals surface area contributed by atoms with Crippen LogP contribution in [0.5, 0.6) is 0 Å². The molecule has 0 amide bonds. The van der Waals surface area contributed by atoms with Gasteiger partial charge in [-0.05, 0) is 26.7 Å². The van der Waals surface area contributed by atoms with Crippen molar-refractivity contribution in [2.24, 2.45) is 5.92 Å². The van der Waals surface area contributed by atoms with Gasteiger partial charge in [-0.15, -0.1) is 0 Å². The van der Waals surface area contributed by atoms with Crippen LogP contribution in [0.1, 0.15) is 33.6 Å². The zero-order chi connectivity index (χ0) is 10.0. The summed E-state index contributed by atoms with van der Waals surface area (Å²) in [5.41, 5.74) is 0. The van der Waals surface area contributed by atoms with Gasteiger partial charge in [0.25, 0.3) is 0 Å². The van der Waals surface area contributed by atoms with E-state index in [0.717, 1.165) is 0 Å². The summed E-state index contributed by atoms with van der Waals surface area (Å²) in [6, 6.07) is 1.12. The second-order valence-electron chi connectivity index (χ2n) is 4.26. The van der Waals surface area contributed by atoms with Gasteiger partial charge in [-0.25, -0.2) is 0 Å². The van der Waals surface area contributed by atoms with Crippen LogP contribution in [-0.4, -0.2) is 34.6 Å². The normalized spacial score (nSPS) is 19.5. The molecule has 13 heavy (non-hydrogen) atoms. The van der Waals surface area contributed by atoms with Gasteiger partial charge in [-0.3, -0.25) is 9.69 Å². The first-order valence-corrected chi connectivity index (χ1v) is 5.01. The Bertz CT molecular complexity index is 185. The molecule has 1 atom stereocenters. The van der Waals surface area contributed by atoms with E-state index in [1.54, 1.807) is 6.92 Å². The Hall–Kier alpha value is -0.570. The van der Waals surface area contributed by atoms with Crippen LogP contribution in [0.4, 0.5) is 0 Å². The van der Waals surface area contributed by atoms with Gasteiger partial charge in [0, 0.05) is 18.6 Å². The molecule has 1 unspecified atom stereocenters. The van der Waals surface area contributed by atoms with Crippen LogP contribution >= 0.6 is 0 Å². The Morgan fingerprint density at radius 1 is 1.46 bits per heavy atom. The summed E-state index contributed by atoms with van der Waals surface area (Å²) in [4.78, 5) is 13.0. The fourth-order valence-corrected chi connectivity index (χ4v) is 1.58. The number of carboxylic acid groups (broad SMARTS) is 1. The molecule has 0 saturated heterocycles. The lowest BCUT2D eigenvalue weighted by Gasteiger charge is -2.27. The van der Waals surface area contributed by atoms with Crippen molar-refractivity contribution in [2.75, 3.05) is 6.54 Å². The molecule has 0 spiro atoms.